The molecule has 0 atom stereocenters. The van der Waals surface area contributed by atoms with Gasteiger partial charge in [-0.25, -0.2) is 0 Å². The molecule has 0 aromatic heterocycles. The molecule has 1 aliphatic heterocycles. The molecule has 1 aliphatic rings. The van der Waals surface area contributed by atoms with E-state index in [9.17, 15) is 14.9 Å². The molecule has 0 bridgehead atoms. The molecule has 0 radical (unpaired) electrons. The fourth-order valence-electron chi connectivity index (χ4n) is 3.69. The van der Waals surface area contributed by atoms with Gasteiger partial charge in [-0.1, -0.05) is 18.2 Å². The van der Waals surface area contributed by atoms with Crippen LogP contribution >= 0.6 is 0 Å². The Morgan fingerprint density at radius 1 is 0.971 bits per heavy atom. The smallest absolute Gasteiger partial charge is 0.271 e. The SMILES string of the molecule is CCOc1ccc(/C=C2/C(=O)N(CCc3ccc(OC)cc3)C(=O)C(C#N)=C2C)cc1OCC. The second-order valence-electron chi connectivity index (χ2n) is 7.60. The van der Waals surface area contributed by atoms with Crippen LogP contribution in [0.4, 0.5) is 0 Å². The summed E-state index contributed by atoms with van der Waals surface area (Å²) < 4.78 is 16.5. The predicted molar refractivity (Wildman–Crippen MR) is 128 cm³/mol. The standard InChI is InChI=1S/C27H28N2O5/c1-5-33-24-12-9-20(16-25(24)34-6-2)15-22-18(3)23(17-28)27(31)29(26(22)30)14-13-19-7-10-21(32-4)11-8-19/h7-12,15-16H,5-6,13-14H2,1-4H3/b22-15+. The third kappa shape index (κ3) is 5.29. The fourth-order valence-corrected chi connectivity index (χ4v) is 3.69. The van der Waals surface area contributed by atoms with Gasteiger partial charge >= 0.3 is 0 Å². The van der Waals surface area contributed by atoms with E-state index >= 15 is 0 Å². The number of ether oxygens (including phenoxy) is 3. The summed E-state index contributed by atoms with van der Waals surface area (Å²) in [5.41, 5.74) is 2.29. The highest BCUT2D eigenvalue weighted by molar-refractivity contribution is 6.19. The lowest BCUT2D eigenvalue weighted by atomic mass is 9.93. The van der Waals surface area contributed by atoms with Gasteiger partial charge in [-0.05, 0) is 74.2 Å². The second kappa shape index (κ2) is 11.2. The van der Waals surface area contributed by atoms with Gasteiger partial charge in [0.05, 0.1) is 20.3 Å². The third-order valence-electron chi connectivity index (χ3n) is 5.49. The van der Waals surface area contributed by atoms with Crippen LogP contribution in [0.2, 0.25) is 0 Å². The van der Waals surface area contributed by atoms with Crippen LogP contribution in [0, 0.1) is 11.3 Å². The summed E-state index contributed by atoms with van der Waals surface area (Å²) in [6.45, 7) is 6.51. The van der Waals surface area contributed by atoms with Crippen molar-refractivity contribution in [3.63, 3.8) is 0 Å². The van der Waals surface area contributed by atoms with Crippen molar-refractivity contribution in [1.29, 1.82) is 5.26 Å². The number of amides is 2. The van der Waals surface area contributed by atoms with E-state index in [0.29, 0.717) is 47.8 Å². The molecular weight excluding hydrogens is 432 g/mol. The number of rotatable bonds is 9. The van der Waals surface area contributed by atoms with E-state index in [0.717, 1.165) is 16.2 Å². The molecule has 2 aromatic carbocycles. The Labute approximate surface area is 199 Å². The van der Waals surface area contributed by atoms with Gasteiger partial charge < -0.3 is 14.2 Å². The molecule has 3 rings (SSSR count). The lowest BCUT2D eigenvalue weighted by Crippen LogP contribution is -2.43. The number of nitriles is 1. The van der Waals surface area contributed by atoms with Crippen LogP contribution in [-0.2, 0) is 16.0 Å². The van der Waals surface area contributed by atoms with E-state index in [1.54, 1.807) is 32.2 Å². The monoisotopic (exact) mass is 460 g/mol. The normalized spacial score (nSPS) is 14.9. The lowest BCUT2D eigenvalue weighted by molar-refractivity contribution is -0.140. The minimum absolute atomic E-state index is 0.0310. The maximum atomic E-state index is 13.3. The molecule has 0 aliphatic carbocycles. The van der Waals surface area contributed by atoms with E-state index in [1.165, 1.54) is 0 Å². The van der Waals surface area contributed by atoms with Crippen molar-refractivity contribution < 1.29 is 23.8 Å². The number of nitrogens with zero attached hydrogens (tertiary/aromatic N) is 2. The van der Waals surface area contributed by atoms with E-state index in [2.05, 4.69) is 0 Å². The Kier molecular flexibility index (Phi) is 8.10. The number of imide groups is 1. The molecule has 0 saturated heterocycles. The molecule has 0 N–H and O–H groups in total. The molecule has 2 amide bonds. The first-order valence-electron chi connectivity index (χ1n) is 11.1. The number of carbonyl (C=O) groups is 2. The Bertz CT molecular complexity index is 1170. The van der Waals surface area contributed by atoms with Crippen LogP contribution in [0.5, 0.6) is 17.2 Å². The molecule has 1 heterocycles. The van der Waals surface area contributed by atoms with Gasteiger partial charge in [-0.3, -0.25) is 14.5 Å². The highest BCUT2D eigenvalue weighted by Crippen LogP contribution is 2.32. The maximum Gasteiger partial charge on any atom is 0.271 e. The summed E-state index contributed by atoms with van der Waals surface area (Å²) >= 11 is 0. The summed E-state index contributed by atoms with van der Waals surface area (Å²) in [4.78, 5) is 27.4. The number of benzene rings is 2. The van der Waals surface area contributed by atoms with Crippen LogP contribution in [0.1, 0.15) is 31.9 Å². The van der Waals surface area contributed by atoms with Crippen molar-refractivity contribution in [2.45, 2.75) is 27.2 Å². The van der Waals surface area contributed by atoms with Crippen LogP contribution in [-0.4, -0.2) is 43.6 Å². The minimum Gasteiger partial charge on any atom is -0.497 e. The Balaban J connectivity index is 1.93. The first kappa shape index (κ1) is 24.6. The summed E-state index contributed by atoms with van der Waals surface area (Å²) in [6.07, 6.45) is 2.14. The van der Waals surface area contributed by atoms with Crippen molar-refractivity contribution in [3.8, 4) is 23.3 Å². The summed E-state index contributed by atoms with van der Waals surface area (Å²) in [6, 6.07) is 14.8. The van der Waals surface area contributed by atoms with Crippen molar-refractivity contribution in [3.05, 3.63) is 70.3 Å². The zero-order valence-electron chi connectivity index (χ0n) is 19.9. The van der Waals surface area contributed by atoms with Gasteiger partial charge in [0.25, 0.3) is 11.8 Å². The Hall–Kier alpha value is -4.05. The highest BCUT2D eigenvalue weighted by atomic mass is 16.5. The molecule has 7 heteroatoms. The van der Waals surface area contributed by atoms with Crippen LogP contribution < -0.4 is 14.2 Å². The zero-order valence-corrected chi connectivity index (χ0v) is 19.9. The zero-order chi connectivity index (χ0) is 24.7. The van der Waals surface area contributed by atoms with Gasteiger partial charge in [0.15, 0.2) is 11.5 Å². The largest absolute Gasteiger partial charge is 0.497 e. The molecule has 7 nitrogen and oxygen atoms in total. The van der Waals surface area contributed by atoms with Crippen LogP contribution in [0.25, 0.3) is 6.08 Å². The van der Waals surface area contributed by atoms with Crippen molar-refractivity contribution in [2.24, 2.45) is 0 Å². The Morgan fingerprint density at radius 2 is 1.65 bits per heavy atom. The predicted octanol–water partition coefficient (Wildman–Crippen LogP) is 4.33. The van der Waals surface area contributed by atoms with Gasteiger partial charge in [-0.2, -0.15) is 5.26 Å². The molecule has 176 valence electrons. The lowest BCUT2D eigenvalue weighted by Gasteiger charge is -2.27. The molecule has 0 fully saturated rings. The van der Waals surface area contributed by atoms with Crippen LogP contribution in [0.15, 0.2) is 59.2 Å². The fraction of sp³-hybridized carbons (Fsp3) is 0.296. The highest BCUT2D eigenvalue weighted by Gasteiger charge is 2.35. The first-order chi connectivity index (χ1) is 16.4. The average Bonchev–Trinajstić information content (AvgIpc) is 2.84. The van der Waals surface area contributed by atoms with Gasteiger partial charge in [0, 0.05) is 12.1 Å². The van der Waals surface area contributed by atoms with Crippen molar-refractivity contribution >= 4 is 17.9 Å². The quantitative estimate of drug-likeness (QED) is 0.409. The first-order valence-corrected chi connectivity index (χ1v) is 11.1. The molecule has 0 spiro atoms. The van der Waals surface area contributed by atoms with Gasteiger partial charge in [0.1, 0.15) is 17.4 Å². The van der Waals surface area contributed by atoms with E-state index in [4.69, 9.17) is 14.2 Å². The minimum atomic E-state index is -0.572. The molecule has 0 saturated carbocycles. The molecule has 0 unspecified atom stereocenters. The number of hydrogen-bond donors (Lipinski definition) is 0. The summed E-state index contributed by atoms with van der Waals surface area (Å²) in [5.74, 6) is 0.907. The summed E-state index contributed by atoms with van der Waals surface area (Å²) in [5, 5.41) is 9.63. The van der Waals surface area contributed by atoms with E-state index in [-0.39, 0.29) is 12.1 Å². The molecule has 34 heavy (non-hydrogen) atoms. The van der Waals surface area contributed by atoms with Gasteiger partial charge in [0.2, 0.25) is 0 Å². The number of hydrogen-bond acceptors (Lipinski definition) is 6. The topological polar surface area (TPSA) is 88.9 Å². The number of carbonyl (C=O) groups excluding carboxylic acids is 2. The van der Waals surface area contributed by atoms with Crippen molar-refractivity contribution in [2.75, 3.05) is 26.9 Å². The van der Waals surface area contributed by atoms with Crippen LogP contribution in [0.3, 0.4) is 0 Å². The third-order valence-corrected chi connectivity index (χ3v) is 5.49. The molecular formula is C27H28N2O5. The molecule has 2 aromatic rings. The average molecular weight is 461 g/mol. The van der Waals surface area contributed by atoms with Crippen molar-refractivity contribution in [1.82, 2.24) is 4.90 Å². The van der Waals surface area contributed by atoms with E-state index in [1.807, 2.05) is 50.2 Å². The van der Waals surface area contributed by atoms with Gasteiger partial charge in [-0.15, -0.1) is 0 Å². The summed E-state index contributed by atoms with van der Waals surface area (Å²) in [7, 11) is 1.59. The second-order valence-corrected chi connectivity index (χ2v) is 7.60. The Morgan fingerprint density at radius 3 is 2.26 bits per heavy atom. The number of methoxy groups -OCH3 is 1. The van der Waals surface area contributed by atoms with E-state index < -0.39 is 11.8 Å². The maximum absolute atomic E-state index is 13.3.